The zero-order valence-corrected chi connectivity index (χ0v) is 26.3. The predicted molar refractivity (Wildman–Crippen MR) is 162 cm³/mol. The number of unbranched alkanes of at least 4 members (excludes halogenated alkanes) is 1. The highest BCUT2D eigenvalue weighted by Crippen LogP contribution is 2.33. The van der Waals surface area contributed by atoms with Gasteiger partial charge in [0.1, 0.15) is 0 Å². The number of halogens is 6. The molecule has 10 nitrogen and oxygen atoms in total. The molecule has 3 N–H and O–H groups in total. The smallest absolute Gasteiger partial charge is 0.475 e. The average Bonchev–Trinajstić information content (AvgIpc) is 3.56. The molecule has 0 radical (unpaired) electrons. The van der Waals surface area contributed by atoms with Crippen LogP contribution in [0.25, 0.3) is 0 Å². The SMILES string of the molecule is CCCC[C@H]1CN(c2cccc(C)c2C)C(=O)CN1C(Cc1ccc(C#N)cc1)c1cnc[nH]1.O=C(O)C(F)(F)F.O=C(O)C(F)(F)F. The Morgan fingerprint density at radius 2 is 1.62 bits per heavy atom. The number of carbonyl (C=O) groups excluding carboxylic acids is 1. The number of alkyl halides is 6. The zero-order chi connectivity index (χ0) is 36.2. The number of aryl methyl sites for hydroxylation is 1. The molecule has 1 aromatic heterocycles. The maximum atomic E-state index is 13.5. The molecule has 1 amide bonds. The van der Waals surface area contributed by atoms with E-state index in [0.717, 1.165) is 42.6 Å². The summed E-state index contributed by atoms with van der Waals surface area (Å²) in [5, 5.41) is 23.4. The van der Waals surface area contributed by atoms with Crippen molar-refractivity contribution < 1.29 is 50.9 Å². The van der Waals surface area contributed by atoms with Gasteiger partial charge in [-0.25, -0.2) is 14.6 Å². The number of carbonyl (C=O) groups is 3. The Morgan fingerprint density at radius 1 is 1.04 bits per heavy atom. The first kappa shape index (κ1) is 39.3. The summed E-state index contributed by atoms with van der Waals surface area (Å²) in [5.41, 5.74) is 6.20. The van der Waals surface area contributed by atoms with Crippen LogP contribution in [-0.4, -0.2) is 74.4 Å². The van der Waals surface area contributed by atoms with Crippen LogP contribution in [0.1, 0.15) is 60.2 Å². The van der Waals surface area contributed by atoms with Gasteiger partial charge in [0, 0.05) is 24.5 Å². The summed E-state index contributed by atoms with van der Waals surface area (Å²) in [4.78, 5) is 43.2. The van der Waals surface area contributed by atoms with Gasteiger partial charge in [-0.3, -0.25) is 9.69 Å². The van der Waals surface area contributed by atoms with Gasteiger partial charge in [0.25, 0.3) is 0 Å². The Hall–Kier alpha value is -4.91. The number of hydrogen-bond acceptors (Lipinski definition) is 6. The summed E-state index contributed by atoms with van der Waals surface area (Å²) < 4.78 is 63.5. The number of nitrogens with one attached hydrogen (secondary N) is 1. The van der Waals surface area contributed by atoms with Crippen molar-refractivity contribution in [1.29, 1.82) is 5.26 Å². The minimum absolute atomic E-state index is 0.00185. The number of aliphatic carboxylic acids is 2. The van der Waals surface area contributed by atoms with Gasteiger partial charge < -0.3 is 20.1 Å². The van der Waals surface area contributed by atoms with E-state index in [-0.39, 0.29) is 18.0 Å². The Labute approximate surface area is 272 Å². The van der Waals surface area contributed by atoms with Gasteiger partial charge in [-0.05, 0) is 61.6 Å². The number of nitrogens with zero attached hydrogens (tertiary/aromatic N) is 4. The van der Waals surface area contributed by atoms with E-state index in [0.29, 0.717) is 18.7 Å². The number of carboxylic acids is 2. The normalized spacial score (nSPS) is 15.7. The molecule has 0 spiro atoms. The van der Waals surface area contributed by atoms with Crippen molar-refractivity contribution in [3.63, 3.8) is 0 Å². The number of nitriles is 1. The summed E-state index contributed by atoms with van der Waals surface area (Å²) in [6.45, 7) is 7.45. The third kappa shape index (κ3) is 11.4. The first-order chi connectivity index (χ1) is 22.4. The third-order valence-corrected chi connectivity index (χ3v) is 7.51. The molecule has 4 rings (SSSR count). The summed E-state index contributed by atoms with van der Waals surface area (Å²) in [6, 6.07) is 16.4. The lowest BCUT2D eigenvalue weighted by Gasteiger charge is -2.45. The molecule has 48 heavy (non-hydrogen) atoms. The topological polar surface area (TPSA) is 151 Å². The lowest BCUT2D eigenvalue weighted by Crippen LogP contribution is -2.57. The molecule has 2 atom stereocenters. The second kappa shape index (κ2) is 17.3. The molecule has 3 aromatic rings. The van der Waals surface area contributed by atoms with E-state index in [1.165, 1.54) is 11.1 Å². The number of imidazole rings is 1. The first-order valence-electron chi connectivity index (χ1n) is 14.6. The molecule has 0 saturated carbocycles. The first-order valence-corrected chi connectivity index (χ1v) is 14.6. The second-order valence-electron chi connectivity index (χ2n) is 10.8. The van der Waals surface area contributed by atoms with Crippen LogP contribution in [-0.2, 0) is 20.8 Å². The van der Waals surface area contributed by atoms with E-state index < -0.39 is 24.3 Å². The van der Waals surface area contributed by atoms with Gasteiger partial charge in [-0.15, -0.1) is 0 Å². The fourth-order valence-corrected chi connectivity index (χ4v) is 4.90. The third-order valence-electron chi connectivity index (χ3n) is 7.51. The maximum absolute atomic E-state index is 13.5. The molecule has 1 saturated heterocycles. The van der Waals surface area contributed by atoms with Gasteiger partial charge in [-0.2, -0.15) is 31.6 Å². The van der Waals surface area contributed by atoms with Gasteiger partial charge in [0.2, 0.25) is 5.91 Å². The maximum Gasteiger partial charge on any atom is 0.490 e. The molecular formula is C32H35F6N5O5. The molecule has 0 bridgehead atoms. The number of anilines is 1. The summed E-state index contributed by atoms with van der Waals surface area (Å²) in [5.74, 6) is -5.38. The van der Waals surface area contributed by atoms with Crippen LogP contribution in [0.4, 0.5) is 32.0 Å². The van der Waals surface area contributed by atoms with Crippen molar-refractivity contribution in [2.24, 2.45) is 0 Å². The molecule has 0 aliphatic carbocycles. The number of carboxylic acid groups (broad SMARTS) is 2. The number of hydrogen-bond donors (Lipinski definition) is 3. The number of amides is 1. The zero-order valence-electron chi connectivity index (χ0n) is 26.3. The number of aromatic amines is 1. The van der Waals surface area contributed by atoms with Crippen LogP contribution in [0.5, 0.6) is 0 Å². The Kier molecular flexibility index (Phi) is 14.2. The number of benzene rings is 2. The van der Waals surface area contributed by atoms with Crippen molar-refractivity contribution in [1.82, 2.24) is 14.9 Å². The molecule has 2 aromatic carbocycles. The molecule has 1 fully saturated rings. The molecular weight excluding hydrogens is 648 g/mol. The Bertz CT molecular complexity index is 1530. The standard InChI is InChI=1S/C28H33N5O.2C2HF3O2/c1-4-5-8-24-17-33(26-9-6-7-20(2)21(26)3)28(34)18-32(24)27(25-16-30-19-31-25)14-22-10-12-23(15-29)13-11-22;2*3-2(4,5)1(6)7/h6-7,9-13,16,19,24,27H,4-5,8,14,17-18H2,1-3H3,(H,30,31);2*(H,6,7)/t24-,27?;;/m0../s1. The number of H-pyrrole nitrogens is 1. The van der Waals surface area contributed by atoms with E-state index in [9.17, 15) is 31.1 Å². The van der Waals surface area contributed by atoms with Crippen molar-refractivity contribution >= 4 is 23.5 Å². The fourth-order valence-electron chi connectivity index (χ4n) is 4.90. The lowest BCUT2D eigenvalue weighted by molar-refractivity contribution is -0.193. The van der Waals surface area contributed by atoms with Crippen molar-refractivity contribution in [3.05, 3.63) is 82.9 Å². The Balaban J connectivity index is 0.000000479. The van der Waals surface area contributed by atoms with Gasteiger partial charge in [0.15, 0.2) is 0 Å². The van der Waals surface area contributed by atoms with Crippen LogP contribution in [0.2, 0.25) is 0 Å². The summed E-state index contributed by atoms with van der Waals surface area (Å²) >= 11 is 0. The van der Waals surface area contributed by atoms with E-state index in [1.807, 2.05) is 41.4 Å². The van der Waals surface area contributed by atoms with Crippen LogP contribution in [0.15, 0.2) is 55.0 Å². The van der Waals surface area contributed by atoms with Crippen LogP contribution < -0.4 is 4.90 Å². The van der Waals surface area contributed by atoms with Crippen LogP contribution >= 0.6 is 0 Å². The highest BCUT2D eigenvalue weighted by Gasteiger charge is 2.39. The second-order valence-corrected chi connectivity index (χ2v) is 10.8. The molecule has 1 unspecified atom stereocenters. The van der Waals surface area contributed by atoms with Gasteiger partial charge in [0.05, 0.1) is 36.2 Å². The number of piperazine rings is 1. The van der Waals surface area contributed by atoms with E-state index >= 15 is 0 Å². The molecule has 2 heterocycles. The molecule has 1 aliphatic heterocycles. The van der Waals surface area contributed by atoms with Crippen molar-refractivity contribution in [2.75, 3.05) is 18.0 Å². The lowest BCUT2D eigenvalue weighted by atomic mass is 9.95. The van der Waals surface area contributed by atoms with E-state index in [1.54, 1.807) is 6.33 Å². The summed E-state index contributed by atoms with van der Waals surface area (Å²) in [6.07, 6.45) is -2.59. The van der Waals surface area contributed by atoms with Crippen LogP contribution in [0, 0.1) is 25.2 Å². The highest BCUT2D eigenvalue weighted by molar-refractivity contribution is 5.96. The molecule has 1 aliphatic rings. The molecule has 16 heteroatoms. The Morgan fingerprint density at radius 3 is 2.10 bits per heavy atom. The largest absolute Gasteiger partial charge is 0.490 e. The van der Waals surface area contributed by atoms with E-state index in [2.05, 4.69) is 53.8 Å². The van der Waals surface area contributed by atoms with Crippen molar-refractivity contribution in [3.8, 4) is 6.07 Å². The fraction of sp³-hybridized carbons (Fsp3) is 0.406. The number of rotatable bonds is 8. The predicted octanol–water partition coefficient (Wildman–Crippen LogP) is 6.36. The monoisotopic (exact) mass is 683 g/mol. The van der Waals surface area contributed by atoms with E-state index in [4.69, 9.17) is 25.1 Å². The molecule has 260 valence electrons. The van der Waals surface area contributed by atoms with Gasteiger partial charge in [-0.1, -0.05) is 44.0 Å². The summed E-state index contributed by atoms with van der Waals surface area (Å²) in [7, 11) is 0. The highest BCUT2D eigenvalue weighted by atomic mass is 19.4. The quantitative estimate of drug-likeness (QED) is 0.232. The minimum Gasteiger partial charge on any atom is -0.475 e. The van der Waals surface area contributed by atoms with Crippen molar-refractivity contribution in [2.45, 2.75) is 70.9 Å². The average molecular weight is 684 g/mol. The van der Waals surface area contributed by atoms with Crippen LogP contribution in [0.3, 0.4) is 0 Å². The minimum atomic E-state index is -5.08. The number of aromatic nitrogens is 2. The van der Waals surface area contributed by atoms with Gasteiger partial charge >= 0.3 is 24.3 Å².